The Morgan fingerprint density at radius 3 is 2.52 bits per heavy atom. The van der Waals surface area contributed by atoms with Gasteiger partial charge in [0.2, 0.25) is 0 Å². The second-order valence-electron chi connectivity index (χ2n) is 4.34. The third-order valence-electron chi connectivity index (χ3n) is 3.03. The number of nitriles is 1. The van der Waals surface area contributed by atoms with Gasteiger partial charge in [0.25, 0.3) is 0 Å². The van der Waals surface area contributed by atoms with E-state index in [1.807, 2.05) is 24.3 Å². The first-order valence-corrected chi connectivity index (χ1v) is 6.32. The molecule has 0 saturated heterocycles. The summed E-state index contributed by atoms with van der Waals surface area (Å²) in [6.45, 7) is 0.487. The molecule has 0 radical (unpaired) electrons. The zero-order valence-electron chi connectivity index (χ0n) is 11.8. The molecule has 0 aliphatic rings. The molecule has 0 bridgehead atoms. The van der Waals surface area contributed by atoms with Gasteiger partial charge in [-0.2, -0.15) is 5.26 Å². The van der Waals surface area contributed by atoms with Crippen LogP contribution in [-0.2, 0) is 6.54 Å². The second kappa shape index (κ2) is 6.62. The molecule has 1 N–H and O–H groups in total. The average Bonchev–Trinajstić information content (AvgIpc) is 2.53. The minimum absolute atomic E-state index is 0.274. The van der Waals surface area contributed by atoms with Gasteiger partial charge in [-0.25, -0.2) is 4.39 Å². The highest BCUT2D eigenvalue weighted by Gasteiger charge is 2.06. The highest BCUT2D eigenvalue weighted by Crippen LogP contribution is 2.28. The Hall–Kier alpha value is -2.74. The Bertz CT molecular complexity index is 680. The van der Waals surface area contributed by atoms with Gasteiger partial charge in [-0.15, -0.1) is 0 Å². The van der Waals surface area contributed by atoms with Gasteiger partial charge in [0, 0.05) is 6.54 Å². The van der Waals surface area contributed by atoms with Crippen molar-refractivity contribution in [2.75, 3.05) is 19.5 Å². The third-order valence-corrected chi connectivity index (χ3v) is 3.03. The van der Waals surface area contributed by atoms with E-state index >= 15 is 0 Å². The Labute approximate surface area is 122 Å². The summed E-state index contributed by atoms with van der Waals surface area (Å²) in [4.78, 5) is 0. The van der Waals surface area contributed by atoms with E-state index in [2.05, 4.69) is 5.32 Å². The number of nitrogens with zero attached hydrogens (tertiary/aromatic N) is 1. The highest BCUT2D eigenvalue weighted by molar-refractivity contribution is 5.57. The van der Waals surface area contributed by atoms with Crippen molar-refractivity contribution in [3.63, 3.8) is 0 Å². The summed E-state index contributed by atoms with van der Waals surface area (Å²) in [5.41, 5.74) is 1.82. The number of rotatable bonds is 5. The van der Waals surface area contributed by atoms with Gasteiger partial charge in [-0.1, -0.05) is 6.07 Å². The van der Waals surface area contributed by atoms with Crippen LogP contribution < -0.4 is 14.8 Å². The van der Waals surface area contributed by atoms with Crippen LogP contribution in [0.4, 0.5) is 10.1 Å². The molecule has 0 spiro atoms. The van der Waals surface area contributed by atoms with Crippen molar-refractivity contribution < 1.29 is 13.9 Å². The molecule has 0 heterocycles. The molecule has 108 valence electrons. The van der Waals surface area contributed by atoms with Crippen molar-refractivity contribution in [2.45, 2.75) is 6.54 Å². The number of benzene rings is 2. The lowest BCUT2D eigenvalue weighted by molar-refractivity contribution is 0.354. The van der Waals surface area contributed by atoms with Gasteiger partial charge >= 0.3 is 0 Å². The van der Waals surface area contributed by atoms with E-state index in [1.54, 1.807) is 20.3 Å². The summed E-state index contributed by atoms with van der Waals surface area (Å²) in [5.74, 6) is 0.861. The molecule has 0 aliphatic carbocycles. The lowest BCUT2D eigenvalue weighted by atomic mass is 10.1. The van der Waals surface area contributed by atoms with Crippen LogP contribution in [0.1, 0.15) is 11.1 Å². The van der Waals surface area contributed by atoms with Crippen LogP contribution in [0, 0.1) is 17.1 Å². The maximum Gasteiger partial charge on any atom is 0.161 e. The summed E-state index contributed by atoms with van der Waals surface area (Å²) in [5, 5.41) is 12.1. The number of anilines is 1. The number of nitrogens with one attached hydrogen (secondary N) is 1. The monoisotopic (exact) mass is 286 g/mol. The van der Waals surface area contributed by atoms with Crippen molar-refractivity contribution in [1.82, 2.24) is 0 Å². The van der Waals surface area contributed by atoms with Gasteiger partial charge in [-0.05, 0) is 35.9 Å². The van der Waals surface area contributed by atoms with Gasteiger partial charge in [0.15, 0.2) is 11.5 Å². The van der Waals surface area contributed by atoms with Crippen LogP contribution in [0.3, 0.4) is 0 Å². The Balaban J connectivity index is 2.15. The number of ether oxygens (including phenoxy) is 2. The number of hydrogen-bond donors (Lipinski definition) is 1. The first-order valence-electron chi connectivity index (χ1n) is 6.32. The van der Waals surface area contributed by atoms with Crippen LogP contribution in [0.5, 0.6) is 11.5 Å². The van der Waals surface area contributed by atoms with Crippen molar-refractivity contribution in [1.29, 1.82) is 5.26 Å². The molecular weight excluding hydrogens is 271 g/mol. The largest absolute Gasteiger partial charge is 0.493 e. The maximum atomic E-state index is 13.1. The van der Waals surface area contributed by atoms with Crippen LogP contribution >= 0.6 is 0 Å². The zero-order valence-corrected chi connectivity index (χ0v) is 11.8. The summed E-state index contributed by atoms with van der Waals surface area (Å²) < 4.78 is 23.5. The lowest BCUT2D eigenvalue weighted by Gasteiger charge is -2.11. The molecule has 0 fully saturated rings. The molecule has 0 atom stereocenters. The van der Waals surface area contributed by atoms with Crippen LogP contribution in [0.25, 0.3) is 0 Å². The van der Waals surface area contributed by atoms with Crippen molar-refractivity contribution in [3.05, 3.63) is 53.3 Å². The summed E-state index contributed by atoms with van der Waals surface area (Å²) in [6, 6.07) is 11.6. The Morgan fingerprint density at radius 1 is 1.10 bits per heavy atom. The minimum atomic E-state index is -0.428. The van der Waals surface area contributed by atoms with E-state index in [0.717, 1.165) is 5.56 Å². The first kappa shape index (κ1) is 14.7. The fourth-order valence-corrected chi connectivity index (χ4v) is 1.95. The third kappa shape index (κ3) is 3.42. The topological polar surface area (TPSA) is 54.3 Å². The second-order valence-corrected chi connectivity index (χ2v) is 4.34. The molecule has 0 aromatic heterocycles. The van der Waals surface area contributed by atoms with E-state index in [4.69, 9.17) is 14.7 Å². The van der Waals surface area contributed by atoms with E-state index in [-0.39, 0.29) is 5.56 Å². The van der Waals surface area contributed by atoms with Gasteiger partial charge in [-0.3, -0.25) is 0 Å². The van der Waals surface area contributed by atoms with E-state index in [0.29, 0.717) is 23.7 Å². The average molecular weight is 286 g/mol. The molecule has 2 rings (SSSR count). The van der Waals surface area contributed by atoms with Crippen molar-refractivity contribution in [3.8, 4) is 17.6 Å². The molecule has 0 amide bonds. The molecule has 5 heteroatoms. The SMILES string of the molecule is COc1ccc(CNc2ccc(F)cc2C#N)cc1OC. The molecule has 4 nitrogen and oxygen atoms in total. The smallest absolute Gasteiger partial charge is 0.161 e. The van der Waals surface area contributed by atoms with E-state index < -0.39 is 5.82 Å². The summed E-state index contributed by atoms with van der Waals surface area (Å²) >= 11 is 0. The highest BCUT2D eigenvalue weighted by atomic mass is 19.1. The van der Waals surface area contributed by atoms with Crippen molar-refractivity contribution >= 4 is 5.69 Å². The standard InChI is InChI=1S/C16H15FN2O2/c1-20-15-6-3-11(7-16(15)21-2)10-19-14-5-4-13(17)8-12(14)9-18/h3-8,19H,10H2,1-2H3. The predicted molar refractivity (Wildman–Crippen MR) is 78.0 cm³/mol. The summed E-state index contributed by atoms with van der Waals surface area (Å²) in [7, 11) is 3.15. The molecule has 2 aromatic carbocycles. The normalized spacial score (nSPS) is 9.81. The quantitative estimate of drug-likeness (QED) is 0.916. The molecule has 0 saturated carbocycles. The number of hydrogen-bond acceptors (Lipinski definition) is 4. The molecule has 0 aliphatic heterocycles. The van der Waals surface area contributed by atoms with Crippen LogP contribution in [0.2, 0.25) is 0 Å². The zero-order chi connectivity index (χ0) is 15.2. The molecule has 0 unspecified atom stereocenters. The van der Waals surface area contributed by atoms with Crippen LogP contribution in [-0.4, -0.2) is 14.2 Å². The van der Waals surface area contributed by atoms with E-state index in [1.165, 1.54) is 12.1 Å². The van der Waals surface area contributed by atoms with Gasteiger partial charge in [0.05, 0.1) is 25.5 Å². The maximum absolute atomic E-state index is 13.1. The molecule has 21 heavy (non-hydrogen) atoms. The Kier molecular flexibility index (Phi) is 4.62. The number of methoxy groups -OCH3 is 2. The lowest BCUT2D eigenvalue weighted by Crippen LogP contribution is -2.02. The number of halogens is 1. The Morgan fingerprint density at radius 2 is 1.86 bits per heavy atom. The molecular formula is C16H15FN2O2. The van der Waals surface area contributed by atoms with E-state index in [9.17, 15) is 4.39 Å². The fraction of sp³-hybridized carbons (Fsp3) is 0.188. The molecule has 2 aromatic rings. The predicted octanol–water partition coefficient (Wildman–Crippen LogP) is 3.33. The van der Waals surface area contributed by atoms with Gasteiger partial charge < -0.3 is 14.8 Å². The fourth-order valence-electron chi connectivity index (χ4n) is 1.95. The summed E-state index contributed by atoms with van der Waals surface area (Å²) in [6.07, 6.45) is 0. The minimum Gasteiger partial charge on any atom is -0.493 e. The van der Waals surface area contributed by atoms with Crippen LogP contribution in [0.15, 0.2) is 36.4 Å². The van der Waals surface area contributed by atoms with Gasteiger partial charge in [0.1, 0.15) is 11.9 Å². The first-order chi connectivity index (χ1) is 10.2. The van der Waals surface area contributed by atoms with Crippen molar-refractivity contribution in [2.24, 2.45) is 0 Å².